The van der Waals surface area contributed by atoms with Crippen molar-refractivity contribution in [3.8, 4) is 0 Å². The summed E-state index contributed by atoms with van der Waals surface area (Å²) in [5.74, 6) is 0. The second kappa shape index (κ2) is 7.83. The molecule has 1 heteroatoms. The van der Waals surface area contributed by atoms with Crippen LogP contribution in [0.2, 0.25) is 0 Å². The maximum atomic E-state index is 3.72. The normalized spacial score (nSPS) is 13.5. The maximum absolute atomic E-state index is 3.72. The molecule has 20 heavy (non-hydrogen) atoms. The fourth-order valence-electron chi connectivity index (χ4n) is 2.89. The molecular weight excluding hydrogens is 242 g/mol. The van der Waals surface area contributed by atoms with E-state index in [2.05, 4.69) is 65.1 Å². The van der Waals surface area contributed by atoms with E-state index in [1.54, 1.807) is 5.56 Å². The van der Waals surface area contributed by atoms with Crippen LogP contribution in [0.1, 0.15) is 63.6 Å². The summed E-state index contributed by atoms with van der Waals surface area (Å²) in [5.41, 5.74) is 4.78. The van der Waals surface area contributed by atoms with Crippen LogP contribution in [0.3, 0.4) is 0 Å². The summed E-state index contributed by atoms with van der Waals surface area (Å²) in [7, 11) is 0. The fourth-order valence-corrected chi connectivity index (χ4v) is 2.89. The van der Waals surface area contributed by atoms with Gasteiger partial charge in [-0.2, -0.15) is 0 Å². The van der Waals surface area contributed by atoms with E-state index in [0.29, 0.717) is 11.5 Å². The van der Waals surface area contributed by atoms with Gasteiger partial charge in [-0.3, -0.25) is 0 Å². The predicted octanol–water partition coefficient (Wildman–Crippen LogP) is 5.04. The molecule has 0 bridgehead atoms. The Morgan fingerprint density at radius 1 is 1.10 bits per heavy atom. The average Bonchev–Trinajstić information content (AvgIpc) is 2.35. The maximum Gasteiger partial charge on any atom is 0.0116 e. The minimum Gasteiger partial charge on any atom is -0.313 e. The summed E-state index contributed by atoms with van der Waals surface area (Å²) in [6.07, 6.45) is 4.95. The smallest absolute Gasteiger partial charge is 0.0116 e. The molecule has 0 aromatic heterocycles. The summed E-state index contributed by atoms with van der Waals surface area (Å²) in [6, 6.07) is 7.25. The van der Waals surface area contributed by atoms with Crippen molar-refractivity contribution in [1.29, 1.82) is 0 Å². The van der Waals surface area contributed by atoms with Gasteiger partial charge in [0.15, 0.2) is 0 Å². The summed E-state index contributed by atoms with van der Waals surface area (Å²) in [5, 5.41) is 3.72. The average molecular weight is 275 g/mol. The molecule has 0 saturated heterocycles. The highest BCUT2D eigenvalue weighted by molar-refractivity contribution is 5.33. The Balaban J connectivity index is 2.56. The van der Waals surface area contributed by atoms with Gasteiger partial charge in [0.1, 0.15) is 0 Å². The predicted molar refractivity (Wildman–Crippen MR) is 90.4 cm³/mol. The molecule has 0 spiro atoms. The van der Waals surface area contributed by atoms with E-state index in [0.717, 1.165) is 6.54 Å². The summed E-state index contributed by atoms with van der Waals surface area (Å²) in [6.45, 7) is 14.9. The first-order valence-electron chi connectivity index (χ1n) is 8.14. The van der Waals surface area contributed by atoms with Crippen LogP contribution < -0.4 is 5.32 Å². The topological polar surface area (TPSA) is 12.0 Å². The van der Waals surface area contributed by atoms with E-state index >= 15 is 0 Å². The Labute approximate surface area is 126 Å². The number of hydrogen-bond acceptors (Lipinski definition) is 1. The van der Waals surface area contributed by atoms with Crippen LogP contribution in [-0.4, -0.2) is 12.6 Å². The SMILES string of the molecule is CCCNC(CCCc1c(C)cccc1C)C(C)(C)C. The third-order valence-electron chi connectivity index (χ3n) is 4.25. The molecule has 1 atom stereocenters. The molecule has 0 saturated carbocycles. The van der Waals surface area contributed by atoms with Crippen LogP contribution in [0, 0.1) is 19.3 Å². The lowest BCUT2D eigenvalue weighted by molar-refractivity contribution is 0.251. The summed E-state index contributed by atoms with van der Waals surface area (Å²) < 4.78 is 0. The van der Waals surface area contributed by atoms with Crippen LogP contribution >= 0.6 is 0 Å². The van der Waals surface area contributed by atoms with Crippen molar-refractivity contribution in [2.45, 2.75) is 73.3 Å². The van der Waals surface area contributed by atoms with Gasteiger partial charge in [0.25, 0.3) is 0 Å². The van der Waals surface area contributed by atoms with Gasteiger partial charge in [-0.15, -0.1) is 0 Å². The highest BCUT2D eigenvalue weighted by Gasteiger charge is 2.23. The third-order valence-corrected chi connectivity index (χ3v) is 4.25. The Bertz CT molecular complexity index is 380. The zero-order valence-corrected chi connectivity index (χ0v) is 14.3. The highest BCUT2D eigenvalue weighted by Crippen LogP contribution is 2.24. The first-order chi connectivity index (χ1) is 9.36. The van der Waals surface area contributed by atoms with Crippen molar-refractivity contribution in [2.24, 2.45) is 5.41 Å². The molecule has 0 radical (unpaired) electrons. The summed E-state index contributed by atoms with van der Waals surface area (Å²) in [4.78, 5) is 0. The van der Waals surface area contributed by atoms with Gasteiger partial charge in [-0.25, -0.2) is 0 Å². The molecule has 0 amide bonds. The van der Waals surface area contributed by atoms with E-state index in [9.17, 15) is 0 Å². The largest absolute Gasteiger partial charge is 0.313 e. The minimum atomic E-state index is 0.343. The Hall–Kier alpha value is -0.820. The molecule has 1 N–H and O–H groups in total. The Morgan fingerprint density at radius 3 is 2.20 bits per heavy atom. The Morgan fingerprint density at radius 2 is 1.70 bits per heavy atom. The van der Waals surface area contributed by atoms with Gasteiger partial charge in [-0.1, -0.05) is 45.9 Å². The van der Waals surface area contributed by atoms with Gasteiger partial charge in [0, 0.05) is 6.04 Å². The zero-order valence-electron chi connectivity index (χ0n) is 14.3. The van der Waals surface area contributed by atoms with Gasteiger partial charge in [0.05, 0.1) is 0 Å². The minimum absolute atomic E-state index is 0.343. The molecule has 1 rings (SSSR count). The van der Waals surface area contributed by atoms with E-state index in [1.807, 2.05) is 0 Å². The standard InChI is InChI=1S/C19H33N/c1-7-14-20-18(19(4,5)6)13-9-12-17-15(2)10-8-11-16(17)3/h8,10-11,18,20H,7,9,12-14H2,1-6H3. The van der Waals surface area contributed by atoms with E-state index in [-0.39, 0.29) is 0 Å². The van der Waals surface area contributed by atoms with Crippen molar-refractivity contribution in [3.05, 3.63) is 34.9 Å². The van der Waals surface area contributed by atoms with Crippen molar-refractivity contribution in [2.75, 3.05) is 6.54 Å². The lowest BCUT2D eigenvalue weighted by Crippen LogP contribution is -2.40. The molecular formula is C19H33N. The first-order valence-corrected chi connectivity index (χ1v) is 8.14. The van der Waals surface area contributed by atoms with Gasteiger partial charge in [0.2, 0.25) is 0 Å². The van der Waals surface area contributed by atoms with Crippen LogP contribution in [0.25, 0.3) is 0 Å². The molecule has 0 fully saturated rings. The molecule has 0 heterocycles. The number of nitrogens with one attached hydrogen (secondary N) is 1. The first kappa shape index (κ1) is 17.2. The van der Waals surface area contributed by atoms with Crippen LogP contribution in [0.4, 0.5) is 0 Å². The molecule has 1 unspecified atom stereocenters. The second-order valence-corrected chi connectivity index (χ2v) is 7.14. The van der Waals surface area contributed by atoms with Crippen LogP contribution in [0.5, 0.6) is 0 Å². The zero-order chi connectivity index (χ0) is 15.2. The van der Waals surface area contributed by atoms with Gasteiger partial charge < -0.3 is 5.32 Å². The second-order valence-electron chi connectivity index (χ2n) is 7.14. The van der Waals surface area contributed by atoms with Crippen molar-refractivity contribution in [1.82, 2.24) is 5.32 Å². The third kappa shape index (κ3) is 5.28. The molecule has 0 aliphatic carbocycles. The molecule has 0 aliphatic heterocycles. The van der Waals surface area contributed by atoms with Crippen molar-refractivity contribution >= 4 is 0 Å². The quantitative estimate of drug-likeness (QED) is 0.735. The molecule has 1 nitrogen and oxygen atoms in total. The molecule has 1 aromatic carbocycles. The van der Waals surface area contributed by atoms with Gasteiger partial charge >= 0.3 is 0 Å². The lowest BCUT2D eigenvalue weighted by Gasteiger charge is -2.32. The van der Waals surface area contributed by atoms with Crippen molar-refractivity contribution in [3.63, 3.8) is 0 Å². The number of hydrogen-bond donors (Lipinski definition) is 1. The molecule has 0 aliphatic rings. The van der Waals surface area contributed by atoms with Gasteiger partial charge in [-0.05, 0) is 68.2 Å². The summed E-state index contributed by atoms with van der Waals surface area (Å²) >= 11 is 0. The monoisotopic (exact) mass is 275 g/mol. The molecule has 1 aromatic rings. The van der Waals surface area contributed by atoms with E-state index in [1.165, 1.54) is 36.8 Å². The highest BCUT2D eigenvalue weighted by atomic mass is 14.9. The number of aryl methyl sites for hydroxylation is 2. The lowest BCUT2D eigenvalue weighted by atomic mass is 9.83. The van der Waals surface area contributed by atoms with E-state index in [4.69, 9.17) is 0 Å². The fraction of sp³-hybridized carbons (Fsp3) is 0.684. The van der Waals surface area contributed by atoms with Crippen molar-refractivity contribution < 1.29 is 0 Å². The van der Waals surface area contributed by atoms with Crippen LogP contribution in [-0.2, 0) is 6.42 Å². The van der Waals surface area contributed by atoms with Crippen LogP contribution in [0.15, 0.2) is 18.2 Å². The Kier molecular flexibility index (Phi) is 6.75. The number of benzene rings is 1. The number of rotatable bonds is 7. The van der Waals surface area contributed by atoms with E-state index < -0.39 is 0 Å². The molecule has 114 valence electrons.